The van der Waals surface area contributed by atoms with Gasteiger partial charge < -0.3 is 0 Å². The lowest BCUT2D eigenvalue weighted by Crippen LogP contribution is -2.37. The average Bonchev–Trinajstić information content (AvgIpc) is 2.14. The van der Waals surface area contributed by atoms with Crippen LogP contribution in [0.1, 0.15) is 31.4 Å². The Balaban J connectivity index is 2.69. The number of halogens is 1. The number of benzene rings is 1. The molecule has 1 amide bonds. The SMILES string of the molecule is Cc1cccc2c1N(F)C(=O)CC2(C)C. The lowest BCUT2D eigenvalue weighted by atomic mass is 9.77. The monoisotopic (exact) mass is 207 g/mol. The summed E-state index contributed by atoms with van der Waals surface area (Å²) in [5, 5.41) is 0.288. The topological polar surface area (TPSA) is 20.3 Å². The lowest BCUT2D eigenvalue weighted by Gasteiger charge is -2.35. The van der Waals surface area contributed by atoms with Gasteiger partial charge in [0.2, 0.25) is 0 Å². The van der Waals surface area contributed by atoms with E-state index in [2.05, 4.69) is 0 Å². The van der Waals surface area contributed by atoms with Crippen LogP contribution in [-0.2, 0) is 10.2 Å². The van der Waals surface area contributed by atoms with Crippen LogP contribution in [0.25, 0.3) is 0 Å². The fourth-order valence-corrected chi connectivity index (χ4v) is 2.13. The molecular formula is C12H14FNO. The van der Waals surface area contributed by atoms with Gasteiger partial charge in [-0.25, -0.2) is 0 Å². The van der Waals surface area contributed by atoms with Crippen molar-refractivity contribution in [1.82, 2.24) is 0 Å². The lowest BCUT2D eigenvalue weighted by molar-refractivity contribution is -0.123. The third-order valence-electron chi connectivity index (χ3n) is 2.98. The van der Waals surface area contributed by atoms with Crippen LogP contribution >= 0.6 is 0 Å². The first-order valence-electron chi connectivity index (χ1n) is 5.02. The minimum atomic E-state index is -0.457. The average molecular weight is 207 g/mol. The number of aryl methyl sites for hydroxylation is 1. The minimum Gasteiger partial charge on any atom is -0.272 e. The third kappa shape index (κ3) is 1.42. The van der Waals surface area contributed by atoms with Gasteiger partial charge >= 0.3 is 0 Å². The van der Waals surface area contributed by atoms with Crippen LogP contribution in [0.4, 0.5) is 10.2 Å². The molecule has 0 saturated carbocycles. The van der Waals surface area contributed by atoms with Gasteiger partial charge in [-0.1, -0.05) is 36.5 Å². The van der Waals surface area contributed by atoms with E-state index in [0.29, 0.717) is 5.69 Å². The zero-order chi connectivity index (χ0) is 11.2. The predicted molar refractivity (Wildman–Crippen MR) is 57.4 cm³/mol. The molecule has 0 bridgehead atoms. The fourth-order valence-electron chi connectivity index (χ4n) is 2.13. The van der Waals surface area contributed by atoms with Crippen LogP contribution in [-0.4, -0.2) is 5.91 Å². The van der Waals surface area contributed by atoms with Crippen LogP contribution < -0.4 is 5.12 Å². The van der Waals surface area contributed by atoms with Crippen LogP contribution in [0.15, 0.2) is 18.2 Å². The van der Waals surface area contributed by atoms with E-state index >= 15 is 0 Å². The maximum Gasteiger partial charge on any atom is 0.255 e. The molecule has 1 aromatic rings. The number of nitrogens with zero attached hydrogens (tertiary/aromatic N) is 1. The molecule has 0 aliphatic carbocycles. The highest BCUT2D eigenvalue weighted by Gasteiger charge is 2.37. The van der Waals surface area contributed by atoms with Crippen molar-refractivity contribution in [2.45, 2.75) is 32.6 Å². The normalized spacial score (nSPS) is 18.9. The van der Waals surface area contributed by atoms with Crippen LogP contribution in [0, 0.1) is 6.92 Å². The Labute approximate surface area is 88.6 Å². The van der Waals surface area contributed by atoms with Gasteiger partial charge in [0.05, 0.1) is 5.69 Å². The quantitative estimate of drug-likeness (QED) is 0.599. The zero-order valence-electron chi connectivity index (χ0n) is 9.17. The summed E-state index contributed by atoms with van der Waals surface area (Å²) in [6.07, 6.45) is 0.222. The van der Waals surface area contributed by atoms with E-state index in [1.165, 1.54) is 0 Å². The third-order valence-corrected chi connectivity index (χ3v) is 2.98. The van der Waals surface area contributed by atoms with E-state index in [0.717, 1.165) is 11.1 Å². The fraction of sp³-hybridized carbons (Fsp3) is 0.417. The summed E-state index contributed by atoms with van der Waals surface area (Å²) in [6.45, 7) is 5.76. The van der Waals surface area contributed by atoms with Crippen molar-refractivity contribution in [3.63, 3.8) is 0 Å². The van der Waals surface area contributed by atoms with E-state index in [9.17, 15) is 9.28 Å². The Morgan fingerprint density at radius 1 is 1.40 bits per heavy atom. The second-order valence-corrected chi connectivity index (χ2v) is 4.71. The van der Waals surface area contributed by atoms with E-state index in [1.807, 2.05) is 39.0 Å². The summed E-state index contributed by atoms with van der Waals surface area (Å²) < 4.78 is 13.7. The van der Waals surface area contributed by atoms with Gasteiger partial charge in [-0.05, 0) is 18.1 Å². The Bertz CT molecular complexity index is 426. The molecule has 1 aliphatic rings. The molecule has 0 saturated heterocycles. The number of rotatable bonds is 0. The maximum absolute atomic E-state index is 13.7. The van der Waals surface area contributed by atoms with E-state index in [4.69, 9.17) is 0 Å². The van der Waals surface area contributed by atoms with Gasteiger partial charge in [0.1, 0.15) is 0 Å². The smallest absolute Gasteiger partial charge is 0.255 e. The van der Waals surface area contributed by atoms with Crippen LogP contribution in [0.5, 0.6) is 0 Å². The van der Waals surface area contributed by atoms with Gasteiger partial charge in [-0.15, -0.1) is 5.12 Å². The Kier molecular flexibility index (Phi) is 2.07. The zero-order valence-corrected chi connectivity index (χ0v) is 9.17. The van der Waals surface area contributed by atoms with Crippen molar-refractivity contribution < 1.29 is 9.28 Å². The summed E-state index contributed by atoms with van der Waals surface area (Å²) in [4.78, 5) is 11.5. The summed E-state index contributed by atoms with van der Waals surface area (Å²) >= 11 is 0. The number of hydrogen-bond acceptors (Lipinski definition) is 1. The minimum absolute atomic E-state index is 0.222. The van der Waals surface area contributed by atoms with Gasteiger partial charge in [0.15, 0.2) is 0 Å². The summed E-state index contributed by atoms with van der Waals surface area (Å²) in [6, 6.07) is 5.61. The van der Waals surface area contributed by atoms with Crippen molar-refractivity contribution >= 4 is 11.6 Å². The van der Waals surface area contributed by atoms with Crippen LogP contribution in [0.2, 0.25) is 0 Å². The molecule has 0 N–H and O–H groups in total. The van der Waals surface area contributed by atoms with Crippen molar-refractivity contribution in [1.29, 1.82) is 0 Å². The van der Waals surface area contributed by atoms with Gasteiger partial charge in [-0.3, -0.25) is 4.79 Å². The molecule has 1 heterocycles. The molecule has 0 aromatic heterocycles. The van der Waals surface area contributed by atoms with Gasteiger partial charge in [0.25, 0.3) is 5.91 Å². The number of para-hydroxylation sites is 1. The molecule has 2 rings (SSSR count). The molecule has 1 aromatic carbocycles. The molecule has 0 atom stereocenters. The number of fused-ring (bicyclic) bond motifs is 1. The molecule has 0 unspecified atom stereocenters. The number of carbonyl (C=O) groups excluding carboxylic acids is 1. The molecule has 0 fully saturated rings. The molecule has 1 aliphatic heterocycles. The predicted octanol–water partition coefficient (Wildman–Crippen LogP) is 2.89. The second kappa shape index (κ2) is 3.05. The Hall–Kier alpha value is -1.38. The number of carbonyl (C=O) groups is 1. The first-order chi connectivity index (χ1) is 6.93. The molecule has 15 heavy (non-hydrogen) atoms. The molecule has 3 heteroatoms. The number of hydrogen-bond donors (Lipinski definition) is 0. The molecule has 2 nitrogen and oxygen atoms in total. The molecule has 0 radical (unpaired) electrons. The van der Waals surface area contributed by atoms with Crippen molar-refractivity contribution in [3.05, 3.63) is 29.3 Å². The highest BCUT2D eigenvalue weighted by molar-refractivity contribution is 5.96. The summed E-state index contributed by atoms with van der Waals surface area (Å²) in [5.41, 5.74) is 1.86. The molecule has 80 valence electrons. The standard InChI is InChI=1S/C12H14FNO/c1-8-5-4-6-9-11(8)14(13)10(15)7-12(9,2)3/h4-6H,7H2,1-3H3. The highest BCUT2D eigenvalue weighted by Crippen LogP contribution is 2.41. The van der Waals surface area contributed by atoms with E-state index in [1.54, 1.807) is 0 Å². The van der Waals surface area contributed by atoms with Gasteiger partial charge in [0, 0.05) is 11.8 Å². The van der Waals surface area contributed by atoms with Crippen LogP contribution in [0.3, 0.4) is 0 Å². The largest absolute Gasteiger partial charge is 0.272 e. The highest BCUT2D eigenvalue weighted by atomic mass is 19.2. The Morgan fingerprint density at radius 2 is 2.07 bits per heavy atom. The van der Waals surface area contributed by atoms with Crippen molar-refractivity contribution in [2.24, 2.45) is 0 Å². The maximum atomic E-state index is 13.7. The number of anilines is 1. The summed E-state index contributed by atoms with van der Waals surface area (Å²) in [5.74, 6) is -0.457. The van der Waals surface area contributed by atoms with E-state index < -0.39 is 5.91 Å². The Morgan fingerprint density at radius 3 is 2.73 bits per heavy atom. The van der Waals surface area contributed by atoms with Crippen molar-refractivity contribution in [3.8, 4) is 0 Å². The second-order valence-electron chi connectivity index (χ2n) is 4.71. The summed E-state index contributed by atoms with van der Waals surface area (Å²) in [7, 11) is 0. The number of amides is 1. The van der Waals surface area contributed by atoms with E-state index in [-0.39, 0.29) is 17.0 Å². The van der Waals surface area contributed by atoms with Crippen molar-refractivity contribution in [2.75, 3.05) is 5.12 Å². The van der Waals surface area contributed by atoms with Gasteiger partial charge in [-0.2, -0.15) is 0 Å². The first kappa shape index (κ1) is 10.1. The first-order valence-corrected chi connectivity index (χ1v) is 5.02. The molecular weight excluding hydrogens is 193 g/mol. The molecule has 0 spiro atoms.